The molecule has 0 fully saturated rings. The van der Waals surface area contributed by atoms with Gasteiger partial charge in [0, 0.05) is 24.8 Å². The Morgan fingerprint density at radius 1 is 1.21 bits per heavy atom. The SMILES string of the molecule is CCCCCCC(=O)OC(C)(C)C/C(C)=C\C(CNCC)=N/c1c(N)nc2ccccc2c1C. The molecule has 6 heteroatoms. The molecule has 0 radical (unpaired) electrons. The fraction of sp³-hybridized carbons (Fsp3) is 0.536. The number of nitrogens with two attached hydrogens (primary N) is 1. The van der Waals surface area contributed by atoms with Crippen molar-refractivity contribution in [3.63, 3.8) is 0 Å². The minimum Gasteiger partial charge on any atom is -0.459 e. The number of unbranched alkanes of at least 4 members (excludes halogenated alkanes) is 3. The van der Waals surface area contributed by atoms with Gasteiger partial charge in [-0.1, -0.05) is 56.9 Å². The minimum absolute atomic E-state index is 0.124. The predicted molar refractivity (Wildman–Crippen MR) is 144 cm³/mol. The normalized spacial score (nSPS) is 12.9. The van der Waals surface area contributed by atoms with Crippen molar-refractivity contribution in [1.29, 1.82) is 0 Å². The van der Waals surface area contributed by atoms with Crippen molar-refractivity contribution in [1.82, 2.24) is 10.3 Å². The number of esters is 1. The Balaban J connectivity index is 2.21. The number of fused-ring (bicyclic) bond motifs is 1. The molecule has 2 rings (SSSR count). The fourth-order valence-electron chi connectivity index (χ4n) is 4.15. The topological polar surface area (TPSA) is 89.6 Å². The number of nitrogens with one attached hydrogen (secondary N) is 1. The summed E-state index contributed by atoms with van der Waals surface area (Å²) in [5.74, 6) is 0.301. The molecule has 0 atom stereocenters. The molecule has 0 amide bonds. The van der Waals surface area contributed by atoms with Crippen molar-refractivity contribution in [2.45, 2.75) is 85.7 Å². The molecule has 0 aliphatic heterocycles. The zero-order chi connectivity index (χ0) is 25.1. The number of para-hydroxylation sites is 1. The van der Waals surface area contributed by atoms with E-state index in [0.29, 0.717) is 30.9 Å². The smallest absolute Gasteiger partial charge is 0.306 e. The summed E-state index contributed by atoms with van der Waals surface area (Å²) < 4.78 is 5.79. The number of benzene rings is 1. The average Bonchev–Trinajstić information content (AvgIpc) is 2.76. The van der Waals surface area contributed by atoms with Crippen LogP contribution in [0.3, 0.4) is 0 Å². The highest BCUT2D eigenvalue weighted by atomic mass is 16.6. The summed E-state index contributed by atoms with van der Waals surface area (Å²) in [6.07, 6.45) is 7.44. The quantitative estimate of drug-likeness (QED) is 0.201. The predicted octanol–water partition coefficient (Wildman–Crippen LogP) is 6.44. The molecule has 0 saturated carbocycles. The average molecular weight is 467 g/mol. The van der Waals surface area contributed by atoms with Crippen LogP contribution in [0, 0.1) is 6.92 Å². The largest absolute Gasteiger partial charge is 0.459 e. The van der Waals surface area contributed by atoms with E-state index in [-0.39, 0.29) is 5.97 Å². The highest BCUT2D eigenvalue weighted by Gasteiger charge is 2.23. The lowest BCUT2D eigenvalue weighted by molar-refractivity contribution is -0.156. The lowest BCUT2D eigenvalue weighted by atomic mass is 9.98. The van der Waals surface area contributed by atoms with Gasteiger partial charge >= 0.3 is 5.97 Å². The van der Waals surface area contributed by atoms with Crippen LogP contribution in [0.4, 0.5) is 11.5 Å². The number of ether oxygens (including phenoxy) is 1. The first-order valence-electron chi connectivity index (χ1n) is 12.5. The first-order chi connectivity index (χ1) is 16.2. The first kappa shape index (κ1) is 27.5. The molecule has 6 nitrogen and oxygen atoms in total. The summed E-state index contributed by atoms with van der Waals surface area (Å²) in [5, 5.41) is 4.40. The number of aliphatic imine (C=N–C) groups is 1. The van der Waals surface area contributed by atoms with Gasteiger partial charge in [-0.05, 0) is 58.4 Å². The van der Waals surface area contributed by atoms with Gasteiger partial charge in [-0.15, -0.1) is 0 Å². The molecule has 0 unspecified atom stereocenters. The molecule has 3 N–H and O–H groups in total. The zero-order valence-corrected chi connectivity index (χ0v) is 21.8. The summed E-state index contributed by atoms with van der Waals surface area (Å²) in [4.78, 5) is 21.8. The van der Waals surface area contributed by atoms with E-state index in [1.54, 1.807) is 0 Å². The molecule has 186 valence electrons. The number of carbonyl (C=O) groups is 1. The first-order valence-corrected chi connectivity index (χ1v) is 12.5. The molecule has 0 spiro atoms. The molecule has 1 heterocycles. The van der Waals surface area contributed by atoms with Crippen LogP contribution >= 0.6 is 0 Å². The molecule has 1 aromatic carbocycles. The number of carbonyl (C=O) groups excluding carboxylic acids is 1. The maximum absolute atomic E-state index is 12.3. The summed E-state index contributed by atoms with van der Waals surface area (Å²) in [6.45, 7) is 13.7. The van der Waals surface area contributed by atoms with Crippen LogP contribution < -0.4 is 11.1 Å². The van der Waals surface area contributed by atoms with E-state index in [4.69, 9.17) is 15.5 Å². The Kier molecular flexibility index (Phi) is 10.7. The van der Waals surface area contributed by atoms with Crippen molar-refractivity contribution in [2.75, 3.05) is 18.8 Å². The zero-order valence-electron chi connectivity index (χ0n) is 21.8. The third-order valence-electron chi connectivity index (χ3n) is 5.70. The second kappa shape index (κ2) is 13.2. The summed E-state index contributed by atoms with van der Waals surface area (Å²) in [7, 11) is 0. The van der Waals surface area contributed by atoms with E-state index >= 15 is 0 Å². The van der Waals surface area contributed by atoms with Gasteiger partial charge < -0.3 is 15.8 Å². The molecule has 0 saturated heterocycles. The number of anilines is 1. The molecule has 1 aromatic heterocycles. The van der Waals surface area contributed by atoms with Gasteiger partial charge in [0.15, 0.2) is 0 Å². The summed E-state index contributed by atoms with van der Waals surface area (Å²) >= 11 is 0. The molecular formula is C28H42N4O2. The highest BCUT2D eigenvalue weighted by Crippen LogP contribution is 2.31. The lowest BCUT2D eigenvalue weighted by Crippen LogP contribution is -2.28. The minimum atomic E-state index is -0.578. The van der Waals surface area contributed by atoms with Gasteiger partial charge in [0.1, 0.15) is 17.1 Å². The van der Waals surface area contributed by atoms with Crippen molar-refractivity contribution in [3.05, 3.63) is 41.5 Å². The van der Waals surface area contributed by atoms with Gasteiger partial charge in [0.05, 0.1) is 11.2 Å². The number of nitrogen functional groups attached to an aromatic ring is 1. The summed E-state index contributed by atoms with van der Waals surface area (Å²) in [5.41, 5.74) is 10.3. The molecule has 34 heavy (non-hydrogen) atoms. The van der Waals surface area contributed by atoms with Gasteiger partial charge in [-0.2, -0.15) is 0 Å². The third kappa shape index (κ3) is 8.56. The molecule has 0 aliphatic rings. The number of pyridine rings is 1. The Morgan fingerprint density at radius 2 is 1.94 bits per heavy atom. The van der Waals surface area contributed by atoms with Crippen molar-refractivity contribution in [2.24, 2.45) is 4.99 Å². The number of hydrogen-bond acceptors (Lipinski definition) is 6. The van der Waals surface area contributed by atoms with Crippen LogP contribution in [-0.4, -0.2) is 35.4 Å². The number of nitrogens with zero attached hydrogens (tertiary/aromatic N) is 2. The van der Waals surface area contributed by atoms with E-state index < -0.39 is 5.60 Å². The molecular weight excluding hydrogens is 424 g/mol. The maximum Gasteiger partial charge on any atom is 0.306 e. The Hall–Kier alpha value is -2.73. The van der Waals surface area contributed by atoms with Crippen LogP contribution in [0.5, 0.6) is 0 Å². The van der Waals surface area contributed by atoms with E-state index in [1.807, 2.05) is 52.0 Å². The monoisotopic (exact) mass is 466 g/mol. The Morgan fingerprint density at radius 3 is 2.65 bits per heavy atom. The van der Waals surface area contributed by atoms with Gasteiger partial charge in [0.25, 0.3) is 0 Å². The van der Waals surface area contributed by atoms with E-state index in [0.717, 1.165) is 60.0 Å². The van der Waals surface area contributed by atoms with Crippen molar-refractivity contribution < 1.29 is 9.53 Å². The fourth-order valence-corrected chi connectivity index (χ4v) is 4.15. The van der Waals surface area contributed by atoms with E-state index in [1.165, 1.54) is 0 Å². The number of aryl methyl sites for hydroxylation is 1. The summed E-state index contributed by atoms with van der Waals surface area (Å²) in [6, 6.07) is 7.96. The maximum atomic E-state index is 12.3. The number of aromatic nitrogens is 1. The van der Waals surface area contributed by atoms with Gasteiger partial charge in [0.2, 0.25) is 0 Å². The molecule has 2 aromatic rings. The third-order valence-corrected chi connectivity index (χ3v) is 5.70. The van der Waals surface area contributed by atoms with Gasteiger partial charge in [-0.3, -0.25) is 4.79 Å². The number of hydrogen-bond donors (Lipinski definition) is 2. The highest BCUT2D eigenvalue weighted by molar-refractivity contribution is 6.01. The van der Waals surface area contributed by atoms with Crippen LogP contribution in [0.15, 0.2) is 40.9 Å². The lowest BCUT2D eigenvalue weighted by Gasteiger charge is -2.26. The van der Waals surface area contributed by atoms with Gasteiger partial charge in [-0.25, -0.2) is 9.98 Å². The second-order valence-corrected chi connectivity index (χ2v) is 9.58. The van der Waals surface area contributed by atoms with Crippen LogP contribution in [0.2, 0.25) is 0 Å². The molecule has 0 aliphatic carbocycles. The molecule has 0 bridgehead atoms. The van der Waals surface area contributed by atoms with Crippen molar-refractivity contribution >= 4 is 34.1 Å². The standard InChI is InChI=1S/C28H42N4O2/c1-7-9-10-11-16-25(33)34-28(5,6)18-20(3)17-22(19-30-8-2)31-26-21(4)23-14-12-13-15-24(23)32-27(26)29/h12-15,17,30H,7-11,16,18-19H2,1-6H3,(H2,29,32)/b20-17-,31-22+. The van der Waals surface area contributed by atoms with Crippen LogP contribution in [0.25, 0.3) is 10.9 Å². The van der Waals surface area contributed by atoms with Crippen LogP contribution in [-0.2, 0) is 9.53 Å². The van der Waals surface area contributed by atoms with E-state index in [9.17, 15) is 4.79 Å². The Bertz CT molecular complexity index is 1020. The van der Waals surface area contributed by atoms with Crippen molar-refractivity contribution in [3.8, 4) is 0 Å². The second-order valence-electron chi connectivity index (χ2n) is 9.58. The van der Waals surface area contributed by atoms with Crippen LogP contribution in [0.1, 0.15) is 78.7 Å². The number of rotatable bonds is 13. The Labute approximate surface area is 205 Å². The van der Waals surface area contributed by atoms with E-state index in [2.05, 4.69) is 30.2 Å².